The van der Waals surface area contributed by atoms with Crippen molar-refractivity contribution in [2.45, 2.75) is 0 Å². The van der Waals surface area contributed by atoms with Crippen molar-refractivity contribution in [2.24, 2.45) is 5.73 Å². The Morgan fingerprint density at radius 2 is 1.48 bits per heavy atom. The molecule has 0 aliphatic heterocycles. The van der Waals surface area contributed by atoms with Crippen molar-refractivity contribution in [3.63, 3.8) is 0 Å². The molecule has 0 bridgehead atoms. The van der Waals surface area contributed by atoms with E-state index in [1.165, 1.54) is 36.4 Å². The second-order valence-corrected chi connectivity index (χ2v) is 5.13. The standard InChI is InChI=1S/C18H12F3N3O/c19-12-9-7-11(8-10-12)15-5-2-6-16(23-15)24(18(22)25)17-13(20)3-1-4-14(17)21/h1-10H,(H2,22,25). The van der Waals surface area contributed by atoms with Gasteiger partial charge in [0.1, 0.15) is 29.0 Å². The van der Waals surface area contributed by atoms with Crippen molar-refractivity contribution in [1.29, 1.82) is 0 Å². The lowest BCUT2D eigenvalue weighted by Crippen LogP contribution is -2.33. The molecule has 0 saturated heterocycles. The van der Waals surface area contributed by atoms with Crippen LogP contribution in [0.2, 0.25) is 0 Å². The van der Waals surface area contributed by atoms with E-state index in [0.29, 0.717) is 16.2 Å². The Labute approximate surface area is 141 Å². The molecule has 2 N–H and O–H groups in total. The summed E-state index contributed by atoms with van der Waals surface area (Å²) in [6, 6.07) is 12.2. The second-order valence-electron chi connectivity index (χ2n) is 5.13. The predicted molar refractivity (Wildman–Crippen MR) is 87.7 cm³/mol. The molecule has 126 valence electrons. The van der Waals surface area contributed by atoms with E-state index in [-0.39, 0.29) is 5.82 Å². The van der Waals surface area contributed by atoms with Gasteiger partial charge in [0, 0.05) is 5.56 Å². The van der Waals surface area contributed by atoms with E-state index < -0.39 is 29.2 Å². The molecule has 2 amide bonds. The summed E-state index contributed by atoms with van der Waals surface area (Å²) in [6.07, 6.45) is 0. The van der Waals surface area contributed by atoms with Gasteiger partial charge in [0.05, 0.1) is 5.69 Å². The van der Waals surface area contributed by atoms with Crippen molar-refractivity contribution in [3.05, 3.63) is 78.1 Å². The molecular formula is C18H12F3N3O. The second kappa shape index (κ2) is 6.64. The van der Waals surface area contributed by atoms with Crippen LogP contribution in [0.3, 0.4) is 0 Å². The van der Waals surface area contributed by atoms with Crippen molar-refractivity contribution >= 4 is 17.5 Å². The molecule has 3 aromatic rings. The quantitative estimate of drug-likeness (QED) is 0.767. The number of anilines is 2. The normalized spacial score (nSPS) is 10.5. The van der Waals surface area contributed by atoms with Gasteiger partial charge in [-0.05, 0) is 48.5 Å². The molecule has 0 unspecified atom stereocenters. The molecule has 0 aliphatic carbocycles. The van der Waals surface area contributed by atoms with Crippen molar-refractivity contribution in [3.8, 4) is 11.3 Å². The van der Waals surface area contributed by atoms with Gasteiger partial charge in [-0.2, -0.15) is 0 Å². The first-order chi connectivity index (χ1) is 12.0. The third-order valence-corrected chi connectivity index (χ3v) is 3.49. The minimum atomic E-state index is -1.09. The van der Waals surface area contributed by atoms with Crippen molar-refractivity contribution in [1.82, 2.24) is 4.98 Å². The number of carbonyl (C=O) groups excluding carboxylic acids is 1. The number of rotatable bonds is 3. The van der Waals surface area contributed by atoms with Crippen LogP contribution in [-0.2, 0) is 0 Å². The molecule has 2 aromatic carbocycles. The number of pyridine rings is 1. The third-order valence-electron chi connectivity index (χ3n) is 3.49. The number of halogens is 3. The summed E-state index contributed by atoms with van der Waals surface area (Å²) in [5.74, 6) is -2.37. The van der Waals surface area contributed by atoms with Gasteiger partial charge in [0.15, 0.2) is 0 Å². The zero-order valence-electron chi connectivity index (χ0n) is 12.8. The molecule has 3 rings (SSSR count). The summed E-state index contributed by atoms with van der Waals surface area (Å²) in [5, 5.41) is 0. The summed E-state index contributed by atoms with van der Waals surface area (Å²) in [6.45, 7) is 0. The Bertz CT molecular complexity index is 909. The highest BCUT2D eigenvalue weighted by Gasteiger charge is 2.24. The Kier molecular flexibility index (Phi) is 4.38. The van der Waals surface area contributed by atoms with Gasteiger partial charge in [-0.3, -0.25) is 0 Å². The van der Waals surface area contributed by atoms with E-state index >= 15 is 0 Å². The molecule has 0 atom stereocenters. The summed E-state index contributed by atoms with van der Waals surface area (Å²) < 4.78 is 41.2. The Balaban J connectivity index is 2.11. The number of urea groups is 1. The molecule has 0 fully saturated rings. The van der Waals surface area contributed by atoms with Gasteiger partial charge in [0.2, 0.25) is 0 Å². The van der Waals surface area contributed by atoms with Crippen LogP contribution in [0.4, 0.5) is 29.5 Å². The van der Waals surface area contributed by atoms with E-state index in [4.69, 9.17) is 5.73 Å². The largest absolute Gasteiger partial charge is 0.351 e. The summed E-state index contributed by atoms with van der Waals surface area (Å²) in [4.78, 5) is 16.7. The highest BCUT2D eigenvalue weighted by Crippen LogP contribution is 2.30. The van der Waals surface area contributed by atoms with E-state index in [2.05, 4.69) is 4.98 Å². The van der Waals surface area contributed by atoms with E-state index in [0.717, 1.165) is 12.1 Å². The minimum absolute atomic E-state index is 0.0571. The number of nitrogens with two attached hydrogens (primary N) is 1. The lowest BCUT2D eigenvalue weighted by Gasteiger charge is -2.21. The number of para-hydroxylation sites is 1. The summed E-state index contributed by atoms with van der Waals surface area (Å²) in [5.41, 5.74) is 5.66. The number of nitrogens with zero attached hydrogens (tertiary/aromatic N) is 2. The van der Waals surface area contributed by atoms with Crippen LogP contribution in [0.15, 0.2) is 60.7 Å². The number of hydrogen-bond donors (Lipinski definition) is 1. The Morgan fingerprint density at radius 1 is 0.880 bits per heavy atom. The molecule has 7 heteroatoms. The zero-order valence-corrected chi connectivity index (χ0v) is 12.8. The van der Waals surface area contributed by atoms with Gasteiger partial charge >= 0.3 is 6.03 Å². The average molecular weight is 343 g/mol. The average Bonchev–Trinajstić information content (AvgIpc) is 2.58. The van der Waals surface area contributed by atoms with Crippen molar-refractivity contribution in [2.75, 3.05) is 4.90 Å². The highest BCUT2D eigenvalue weighted by molar-refractivity contribution is 5.97. The third kappa shape index (κ3) is 3.30. The first-order valence-electron chi connectivity index (χ1n) is 7.24. The fraction of sp³-hybridized carbons (Fsp3) is 0. The molecule has 0 aliphatic rings. The molecule has 0 radical (unpaired) electrons. The number of hydrogen-bond acceptors (Lipinski definition) is 2. The van der Waals surface area contributed by atoms with E-state index in [1.807, 2.05) is 0 Å². The molecule has 4 nitrogen and oxygen atoms in total. The first kappa shape index (κ1) is 16.5. The number of primary amides is 1. The van der Waals surface area contributed by atoms with Crippen LogP contribution in [-0.4, -0.2) is 11.0 Å². The minimum Gasteiger partial charge on any atom is -0.351 e. The summed E-state index contributed by atoms with van der Waals surface area (Å²) in [7, 11) is 0. The van der Waals surface area contributed by atoms with Crippen LogP contribution < -0.4 is 10.6 Å². The van der Waals surface area contributed by atoms with Gasteiger partial charge in [-0.25, -0.2) is 27.8 Å². The molecule has 1 aromatic heterocycles. The highest BCUT2D eigenvalue weighted by atomic mass is 19.1. The zero-order chi connectivity index (χ0) is 18.0. The van der Waals surface area contributed by atoms with Gasteiger partial charge < -0.3 is 5.73 Å². The van der Waals surface area contributed by atoms with Gasteiger partial charge in [0.25, 0.3) is 0 Å². The smallest absolute Gasteiger partial charge is 0.325 e. The van der Waals surface area contributed by atoms with Gasteiger partial charge in [-0.15, -0.1) is 0 Å². The fourth-order valence-corrected chi connectivity index (χ4v) is 2.37. The molecule has 1 heterocycles. The molecule has 0 spiro atoms. The van der Waals surface area contributed by atoms with Crippen LogP contribution in [0, 0.1) is 17.5 Å². The topological polar surface area (TPSA) is 59.2 Å². The Hall–Kier alpha value is -3.35. The molecular weight excluding hydrogens is 331 g/mol. The summed E-state index contributed by atoms with van der Waals surface area (Å²) >= 11 is 0. The number of aromatic nitrogens is 1. The van der Waals surface area contributed by atoms with E-state index in [9.17, 15) is 18.0 Å². The predicted octanol–water partition coefficient (Wildman–Crippen LogP) is 4.38. The first-order valence-corrected chi connectivity index (χ1v) is 7.24. The number of benzene rings is 2. The molecule has 0 saturated carbocycles. The lowest BCUT2D eigenvalue weighted by atomic mass is 10.1. The number of carbonyl (C=O) groups is 1. The van der Waals surface area contributed by atoms with Crippen LogP contribution in [0.25, 0.3) is 11.3 Å². The maximum Gasteiger partial charge on any atom is 0.325 e. The maximum atomic E-state index is 14.1. The van der Waals surface area contributed by atoms with Crippen molar-refractivity contribution < 1.29 is 18.0 Å². The SMILES string of the molecule is NC(=O)N(c1cccc(-c2ccc(F)cc2)n1)c1c(F)cccc1F. The Morgan fingerprint density at radius 3 is 2.08 bits per heavy atom. The van der Waals surface area contributed by atoms with Crippen LogP contribution >= 0.6 is 0 Å². The number of amides is 2. The van der Waals surface area contributed by atoms with Crippen LogP contribution in [0.1, 0.15) is 0 Å². The monoisotopic (exact) mass is 343 g/mol. The van der Waals surface area contributed by atoms with E-state index in [1.54, 1.807) is 12.1 Å². The van der Waals surface area contributed by atoms with Gasteiger partial charge in [-0.1, -0.05) is 12.1 Å². The lowest BCUT2D eigenvalue weighted by molar-refractivity contribution is 0.255. The van der Waals surface area contributed by atoms with Crippen LogP contribution in [0.5, 0.6) is 0 Å². The molecule has 25 heavy (non-hydrogen) atoms. The fourth-order valence-electron chi connectivity index (χ4n) is 2.37. The maximum absolute atomic E-state index is 14.1.